The number of rotatable bonds is 5. The highest BCUT2D eigenvalue weighted by molar-refractivity contribution is 7.11. The predicted molar refractivity (Wildman–Crippen MR) is 68.4 cm³/mol. The fourth-order valence-electron chi connectivity index (χ4n) is 2.02. The molecule has 1 aliphatic heterocycles. The molecule has 0 amide bonds. The number of thiazole rings is 1. The zero-order valence-electron chi connectivity index (χ0n) is 10.3. The molecule has 0 aromatic carbocycles. The molecule has 0 aliphatic carbocycles. The second kappa shape index (κ2) is 6.44. The smallest absolute Gasteiger partial charge is 0.0944 e. The van der Waals surface area contributed by atoms with E-state index in [4.69, 9.17) is 4.74 Å². The normalized spacial score (nSPS) is 17.5. The Labute approximate surface area is 106 Å². The highest BCUT2D eigenvalue weighted by Crippen LogP contribution is 2.20. The van der Waals surface area contributed by atoms with Crippen LogP contribution >= 0.6 is 11.3 Å². The van der Waals surface area contributed by atoms with Gasteiger partial charge >= 0.3 is 0 Å². The summed E-state index contributed by atoms with van der Waals surface area (Å²) < 4.78 is 5.32. The Kier molecular flexibility index (Phi) is 4.91. The number of ether oxygens (including phenoxy) is 1. The molecule has 0 spiro atoms. The maximum Gasteiger partial charge on any atom is 0.0944 e. The van der Waals surface area contributed by atoms with E-state index in [1.54, 1.807) is 11.3 Å². The topological polar surface area (TPSA) is 45.6 Å². The van der Waals surface area contributed by atoms with E-state index in [0.29, 0.717) is 0 Å². The first kappa shape index (κ1) is 13.0. The summed E-state index contributed by atoms with van der Waals surface area (Å²) >= 11 is 1.65. The molecule has 5 heteroatoms. The van der Waals surface area contributed by atoms with Crippen LogP contribution in [0.25, 0.3) is 0 Å². The minimum atomic E-state index is 0.123. The van der Waals surface area contributed by atoms with Gasteiger partial charge in [-0.3, -0.25) is 4.90 Å². The summed E-state index contributed by atoms with van der Waals surface area (Å²) in [6, 6.07) is 0. The number of hydrogen-bond donors (Lipinski definition) is 1. The highest BCUT2D eigenvalue weighted by atomic mass is 32.1. The van der Waals surface area contributed by atoms with Crippen molar-refractivity contribution in [2.24, 2.45) is 0 Å². The second-order valence-electron chi connectivity index (χ2n) is 4.19. The third kappa shape index (κ3) is 3.48. The van der Waals surface area contributed by atoms with Crippen molar-refractivity contribution in [3.05, 3.63) is 15.6 Å². The first-order valence-electron chi connectivity index (χ1n) is 6.22. The fourth-order valence-corrected chi connectivity index (χ4v) is 3.03. The maximum atomic E-state index is 9.22. The average molecular weight is 256 g/mol. The van der Waals surface area contributed by atoms with E-state index < -0.39 is 0 Å². The summed E-state index contributed by atoms with van der Waals surface area (Å²) in [5.41, 5.74) is 1.06. The Morgan fingerprint density at radius 2 is 2.18 bits per heavy atom. The zero-order valence-corrected chi connectivity index (χ0v) is 11.1. The molecule has 0 unspecified atom stereocenters. The van der Waals surface area contributed by atoms with Crippen LogP contribution in [-0.2, 0) is 24.2 Å². The fraction of sp³-hybridized carbons (Fsp3) is 0.750. The lowest BCUT2D eigenvalue weighted by Crippen LogP contribution is -2.37. The predicted octanol–water partition coefficient (Wildman–Crippen LogP) is 1.07. The van der Waals surface area contributed by atoms with Gasteiger partial charge in [0.05, 0.1) is 35.4 Å². The monoisotopic (exact) mass is 256 g/mol. The van der Waals surface area contributed by atoms with Gasteiger partial charge in [0.2, 0.25) is 0 Å². The molecule has 1 saturated heterocycles. The highest BCUT2D eigenvalue weighted by Gasteiger charge is 2.13. The molecule has 0 bridgehead atoms. The lowest BCUT2D eigenvalue weighted by molar-refractivity contribution is 0.0384. The zero-order chi connectivity index (χ0) is 12.1. The van der Waals surface area contributed by atoms with E-state index in [-0.39, 0.29) is 6.61 Å². The number of aliphatic hydroxyl groups excluding tert-OH is 1. The number of hydrogen-bond acceptors (Lipinski definition) is 5. The van der Waals surface area contributed by atoms with E-state index in [2.05, 4.69) is 16.8 Å². The summed E-state index contributed by atoms with van der Waals surface area (Å²) in [6.45, 7) is 7.00. The van der Waals surface area contributed by atoms with Gasteiger partial charge in [0.15, 0.2) is 0 Å². The molecular formula is C12H20N2O2S. The van der Waals surface area contributed by atoms with Crippen LogP contribution in [0.2, 0.25) is 0 Å². The van der Waals surface area contributed by atoms with Gasteiger partial charge in [-0.25, -0.2) is 4.98 Å². The lowest BCUT2D eigenvalue weighted by atomic mass is 10.3. The van der Waals surface area contributed by atoms with Crippen LogP contribution in [0, 0.1) is 0 Å². The van der Waals surface area contributed by atoms with E-state index in [9.17, 15) is 5.11 Å². The summed E-state index contributed by atoms with van der Waals surface area (Å²) in [5.74, 6) is 0. The Morgan fingerprint density at radius 3 is 2.76 bits per heavy atom. The molecule has 1 aliphatic rings. The Morgan fingerprint density at radius 1 is 1.41 bits per heavy atom. The van der Waals surface area contributed by atoms with E-state index in [1.165, 1.54) is 0 Å². The minimum Gasteiger partial charge on any atom is -0.391 e. The average Bonchev–Trinajstić information content (AvgIpc) is 2.80. The molecule has 17 heavy (non-hydrogen) atoms. The third-order valence-corrected chi connectivity index (χ3v) is 4.19. The van der Waals surface area contributed by atoms with Crippen molar-refractivity contribution in [1.82, 2.24) is 9.88 Å². The molecule has 2 heterocycles. The maximum absolute atomic E-state index is 9.22. The first-order valence-corrected chi connectivity index (χ1v) is 7.03. The van der Waals surface area contributed by atoms with E-state index in [0.717, 1.165) is 61.3 Å². The molecule has 0 saturated carbocycles. The lowest BCUT2D eigenvalue weighted by Gasteiger charge is -2.25. The first-order chi connectivity index (χ1) is 8.33. The van der Waals surface area contributed by atoms with E-state index >= 15 is 0 Å². The SMILES string of the molecule is CCc1nc(CCN2CCOCC2)sc1CO. The molecular weight excluding hydrogens is 236 g/mol. The molecule has 0 radical (unpaired) electrons. The Hall–Kier alpha value is -0.490. The molecule has 1 fully saturated rings. The van der Waals surface area contributed by atoms with Crippen molar-refractivity contribution < 1.29 is 9.84 Å². The second-order valence-corrected chi connectivity index (χ2v) is 5.36. The molecule has 4 nitrogen and oxygen atoms in total. The molecule has 1 aromatic heterocycles. The van der Waals surface area contributed by atoms with Gasteiger partial charge < -0.3 is 9.84 Å². The minimum absolute atomic E-state index is 0.123. The Bertz CT molecular complexity index is 327. The van der Waals surface area contributed by atoms with Gasteiger partial charge in [-0.1, -0.05) is 6.92 Å². The molecule has 96 valence electrons. The van der Waals surface area contributed by atoms with Gasteiger partial charge in [-0.15, -0.1) is 11.3 Å². The summed E-state index contributed by atoms with van der Waals surface area (Å²) in [4.78, 5) is 8.03. The third-order valence-electron chi connectivity index (χ3n) is 3.05. The van der Waals surface area contributed by atoms with Crippen molar-refractivity contribution in [1.29, 1.82) is 0 Å². The van der Waals surface area contributed by atoms with Crippen LogP contribution in [0.1, 0.15) is 22.5 Å². The number of aliphatic hydroxyl groups is 1. The van der Waals surface area contributed by atoms with Gasteiger partial charge in [0.1, 0.15) is 0 Å². The quantitative estimate of drug-likeness (QED) is 0.856. The summed E-state index contributed by atoms with van der Waals surface area (Å²) in [5, 5.41) is 10.4. The Balaban J connectivity index is 1.87. The molecule has 0 atom stereocenters. The van der Waals surface area contributed by atoms with Crippen molar-refractivity contribution in [3.8, 4) is 0 Å². The number of aromatic nitrogens is 1. The summed E-state index contributed by atoms with van der Waals surface area (Å²) in [6.07, 6.45) is 1.89. The van der Waals surface area contributed by atoms with Gasteiger partial charge in [-0.05, 0) is 6.42 Å². The largest absolute Gasteiger partial charge is 0.391 e. The van der Waals surface area contributed by atoms with Crippen molar-refractivity contribution >= 4 is 11.3 Å². The molecule has 1 N–H and O–H groups in total. The van der Waals surface area contributed by atoms with Gasteiger partial charge in [-0.2, -0.15) is 0 Å². The molecule has 2 rings (SSSR count). The van der Waals surface area contributed by atoms with Crippen LogP contribution in [0.15, 0.2) is 0 Å². The van der Waals surface area contributed by atoms with Crippen LogP contribution in [-0.4, -0.2) is 47.8 Å². The van der Waals surface area contributed by atoms with Gasteiger partial charge in [0.25, 0.3) is 0 Å². The van der Waals surface area contributed by atoms with Crippen molar-refractivity contribution in [2.45, 2.75) is 26.4 Å². The van der Waals surface area contributed by atoms with Crippen LogP contribution in [0.4, 0.5) is 0 Å². The van der Waals surface area contributed by atoms with E-state index in [1.807, 2.05) is 0 Å². The summed E-state index contributed by atoms with van der Waals surface area (Å²) in [7, 11) is 0. The number of morpholine rings is 1. The van der Waals surface area contributed by atoms with Crippen molar-refractivity contribution in [3.63, 3.8) is 0 Å². The van der Waals surface area contributed by atoms with Gasteiger partial charge in [0, 0.05) is 26.1 Å². The van der Waals surface area contributed by atoms with Crippen LogP contribution in [0.3, 0.4) is 0 Å². The van der Waals surface area contributed by atoms with Crippen molar-refractivity contribution in [2.75, 3.05) is 32.8 Å². The molecule has 1 aromatic rings. The standard InChI is InChI=1S/C12H20N2O2S/c1-2-10-11(9-15)17-12(13-10)3-4-14-5-7-16-8-6-14/h15H,2-9H2,1H3. The van der Waals surface area contributed by atoms with Crippen LogP contribution < -0.4 is 0 Å². The number of aryl methyl sites for hydroxylation is 1. The van der Waals surface area contributed by atoms with Crippen LogP contribution in [0.5, 0.6) is 0 Å². The number of nitrogens with zero attached hydrogens (tertiary/aromatic N) is 2.